The number of carbonyl (C=O) groups excluding carboxylic acids is 5. The van der Waals surface area contributed by atoms with Gasteiger partial charge in [-0.3, -0.25) is 10.2 Å². The maximum absolute atomic E-state index is 13.2. The lowest BCUT2D eigenvalue weighted by molar-refractivity contribution is -0.167. The summed E-state index contributed by atoms with van der Waals surface area (Å²) in [6.45, 7) is 6.15. The van der Waals surface area contributed by atoms with Crippen LogP contribution in [0.2, 0.25) is 0 Å². The van der Waals surface area contributed by atoms with Gasteiger partial charge in [-0.25, -0.2) is 19.2 Å². The Morgan fingerprint density at radius 1 is 0.837 bits per heavy atom. The fourth-order valence-corrected chi connectivity index (χ4v) is 3.63. The Labute approximate surface area is 249 Å². The number of nitrogen functional groups attached to an aromatic ring is 1. The Bertz CT molecular complexity index is 1380. The number of ether oxygens (including phenoxy) is 4. The average Bonchev–Trinajstić information content (AvgIpc) is 2.97. The molecule has 0 aliphatic heterocycles. The van der Waals surface area contributed by atoms with Crippen LogP contribution >= 0.6 is 0 Å². The number of amides is 1. The summed E-state index contributed by atoms with van der Waals surface area (Å²) in [5.74, 6) is -4.03. The summed E-state index contributed by atoms with van der Waals surface area (Å²) in [7, 11) is 0. The topological polar surface area (TPSA) is 184 Å². The molecule has 228 valence electrons. The number of hydrogen-bond donors (Lipinski definition) is 3. The van der Waals surface area contributed by atoms with E-state index in [2.05, 4.69) is 5.32 Å². The van der Waals surface area contributed by atoms with Gasteiger partial charge in [0.05, 0.1) is 25.4 Å². The molecule has 0 aliphatic carbocycles. The van der Waals surface area contributed by atoms with Gasteiger partial charge in [0.25, 0.3) is 0 Å². The molecule has 0 atom stereocenters. The molecule has 0 fully saturated rings. The lowest BCUT2D eigenvalue weighted by atomic mass is 9.93. The minimum absolute atomic E-state index is 0.0786. The van der Waals surface area contributed by atoms with E-state index in [9.17, 15) is 24.0 Å². The van der Waals surface area contributed by atoms with Gasteiger partial charge in [-0.1, -0.05) is 18.2 Å². The van der Waals surface area contributed by atoms with Crippen molar-refractivity contribution in [2.24, 2.45) is 5.73 Å². The maximum atomic E-state index is 13.2. The van der Waals surface area contributed by atoms with Crippen LogP contribution in [0.5, 0.6) is 5.75 Å². The predicted octanol–water partition coefficient (Wildman–Crippen LogP) is 3.08. The minimum atomic E-state index is -2.27. The quantitative estimate of drug-likeness (QED) is 0.0559. The second-order valence-electron chi connectivity index (χ2n) is 8.94. The van der Waals surface area contributed by atoms with Gasteiger partial charge in [0.1, 0.15) is 11.6 Å². The van der Waals surface area contributed by atoms with Crippen LogP contribution in [0.15, 0.2) is 66.3 Å². The molecule has 12 nitrogen and oxygen atoms in total. The highest BCUT2D eigenvalue weighted by atomic mass is 16.6. The predicted molar refractivity (Wildman–Crippen MR) is 157 cm³/mol. The number of rotatable bonds is 14. The first-order chi connectivity index (χ1) is 20.5. The largest absolute Gasteiger partial charge is 0.464 e. The average molecular weight is 594 g/mol. The molecule has 0 aromatic heterocycles. The second kappa shape index (κ2) is 16.2. The Hall–Kier alpha value is -5.26. The van der Waals surface area contributed by atoms with E-state index in [1.807, 2.05) is 0 Å². The van der Waals surface area contributed by atoms with E-state index < -0.39 is 41.7 Å². The normalized spacial score (nSPS) is 11.4. The molecule has 4 N–H and O–H groups in total. The van der Waals surface area contributed by atoms with Gasteiger partial charge in [0.2, 0.25) is 11.4 Å². The van der Waals surface area contributed by atoms with Crippen molar-refractivity contribution in [1.29, 1.82) is 5.41 Å². The van der Waals surface area contributed by atoms with Crippen molar-refractivity contribution in [2.75, 3.05) is 19.8 Å². The van der Waals surface area contributed by atoms with Crippen molar-refractivity contribution >= 4 is 41.7 Å². The molecule has 1 amide bonds. The fraction of sp³-hybridized carbons (Fsp3) is 0.290. The van der Waals surface area contributed by atoms with Crippen molar-refractivity contribution in [3.8, 4) is 5.75 Å². The van der Waals surface area contributed by atoms with E-state index in [0.717, 1.165) is 6.08 Å². The molecule has 0 radical (unpaired) electrons. The summed E-state index contributed by atoms with van der Waals surface area (Å²) in [4.78, 5) is 63.5. The highest BCUT2D eigenvalue weighted by molar-refractivity contribution is 6.11. The number of hydrogen-bond acceptors (Lipinski definition) is 10. The Balaban J connectivity index is 2.25. The van der Waals surface area contributed by atoms with Gasteiger partial charge < -0.3 is 30.0 Å². The Morgan fingerprint density at radius 3 is 1.88 bits per heavy atom. The molecule has 2 aromatic rings. The molecule has 0 heterocycles. The van der Waals surface area contributed by atoms with Crippen molar-refractivity contribution in [3.63, 3.8) is 0 Å². The minimum Gasteiger partial charge on any atom is -0.464 e. The lowest BCUT2D eigenvalue weighted by Crippen LogP contribution is -2.61. The van der Waals surface area contributed by atoms with E-state index in [1.54, 1.807) is 45.0 Å². The van der Waals surface area contributed by atoms with E-state index in [-0.39, 0.29) is 42.5 Å². The van der Waals surface area contributed by atoms with Crippen LogP contribution in [0.25, 0.3) is 6.08 Å². The third kappa shape index (κ3) is 9.66. The van der Waals surface area contributed by atoms with Gasteiger partial charge in [-0.05, 0) is 75.7 Å². The van der Waals surface area contributed by atoms with Crippen LogP contribution in [-0.2, 0) is 33.4 Å². The number of nitrogens with one attached hydrogen (secondary N) is 2. The molecule has 2 aromatic carbocycles. The monoisotopic (exact) mass is 593 g/mol. The van der Waals surface area contributed by atoms with Gasteiger partial charge in [0, 0.05) is 23.6 Å². The summed E-state index contributed by atoms with van der Waals surface area (Å²) in [6, 6.07) is 12.3. The first-order valence-corrected chi connectivity index (χ1v) is 13.4. The third-order valence-electron chi connectivity index (χ3n) is 5.80. The van der Waals surface area contributed by atoms with Gasteiger partial charge in [-0.15, -0.1) is 0 Å². The van der Waals surface area contributed by atoms with Crippen molar-refractivity contribution in [1.82, 2.24) is 5.32 Å². The number of carbonyl (C=O) groups is 5. The zero-order chi connectivity index (χ0) is 32.0. The van der Waals surface area contributed by atoms with E-state index >= 15 is 0 Å². The van der Waals surface area contributed by atoms with Crippen LogP contribution < -0.4 is 15.8 Å². The van der Waals surface area contributed by atoms with Gasteiger partial charge in [0.15, 0.2) is 0 Å². The third-order valence-corrected chi connectivity index (χ3v) is 5.80. The van der Waals surface area contributed by atoms with Crippen LogP contribution in [0.4, 0.5) is 0 Å². The summed E-state index contributed by atoms with van der Waals surface area (Å²) < 4.78 is 20.4. The van der Waals surface area contributed by atoms with E-state index in [1.165, 1.54) is 43.3 Å². The Morgan fingerprint density at radius 2 is 1.37 bits per heavy atom. The molecule has 0 saturated heterocycles. The SMILES string of the molecule is CCOC(=O)C=CCC(NC(=O)C(C)=Cc1ccc(C(=O)Oc2ccc(C(=N)N)cc2)cc1)(C(=O)OCC)C(=O)OCC. The molecule has 0 saturated carbocycles. The second-order valence-corrected chi connectivity index (χ2v) is 8.94. The lowest BCUT2D eigenvalue weighted by Gasteiger charge is -2.29. The molecule has 12 heteroatoms. The Kier molecular flexibility index (Phi) is 12.8. The highest BCUT2D eigenvalue weighted by Crippen LogP contribution is 2.20. The van der Waals surface area contributed by atoms with Crippen LogP contribution in [0.3, 0.4) is 0 Å². The number of amidine groups is 1. The van der Waals surface area contributed by atoms with Gasteiger partial charge >= 0.3 is 23.9 Å². The molecular formula is C31H35N3O9. The zero-order valence-electron chi connectivity index (χ0n) is 24.4. The molecule has 0 unspecified atom stereocenters. The van der Waals surface area contributed by atoms with Crippen molar-refractivity contribution in [2.45, 2.75) is 39.7 Å². The van der Waals surface area contributed by atoms with Crippen LogP contribution in [0.1, 0.15) is 55.6 Å². The maximum Gasteiger partial charge on any atom is 0.344 e. The number of nitrogens with two attached hydrogens (primary N) is 1. The zero-order valence-corrected chi connectivity index (χ0v) is 24.4. The fourth-order valence-electron chi connectivity index (χ4n) is 3.63. The highest BCUT2D eigenvalue weighted by Gasteiger charge is 2.49. The molecule has 43 heavy (non-hydrogen) atoms. The summed E-state index contributed by atoms with van der Waals surface area (Å²) >= 11 is 0. The van der Waals surface area contributed by atoms with E-state index in [0.29, 0.717) is 11.1 Å². The molecular weight excluding hydrogens is 558 g/mol. The summed E-state index contributed by atoms with van der Waals surface area (Å²) in [5, 5.41) is 9.86. The van der Waals surface area contributed by atoms with E-state index in [4.69, 9.17) is 30.1 Å². The summed E-state index contributed by atoms with van der Waals surface area (Å²) in [5.41, 5.74) is 4.55. The van der Waals surface area contributed by atoms with Crippen molar-refractivity contribution in [3.05, 3.63) is 82.9 Å². The molecule has 0 aliphatic rings. The van der Waals surface area contributed by atoms with Gasteiger partial charge in [-0.2, -0.15) is 0 Å². The first kappa shape index (κ1) is 33.9. The standard InChI is InChI=1S/C31H35N3O9/c1-5-40-25(35)9-8-18-31(29(38)41-6-2,30(39)42-7-3)34-27(36)20(4)19-21-10-12-23(13-11-21)28(37)43-24-16-14-22(15-17-24)26(32)33/h8-17,19H,5-7,18H2,1-4H3,(H3,32,33)(H,34,36). The molecule has 0 bridgehead atoms. The number of esters is 4. The van der Waals surface area contributed by atoms with Crippen LogP contribution in [-0.4, -0.2) is 61.0 Å². The number of benzene rings is 2. The van der Waals surface area contributed by atoms with Crippen molar-refractivity contribution < 1.29 is 42.9 Å². The smallest absolute Gasteiger partial charge is 0.344 e. The molecule has 0 spiro atoms. The molecule has 2 rings (SSSR count). The van der Waals surface area contributed by atoms with Crippen LogP contribution in [0, 0.1) is 5.41 Å². The first-order valence-electron chi connectivity index (χ1n) is 13.4. The summed E-state index contributed by atoms with van der Waals surface area (Å²) in [6.07, 6.45) is 3.32.